The maximum Gasteiger partial charge on any atom is 0.137 e. The molecule has 0 aliphatic carbocycles. The molecule has 19 heavy (non-hydrogen) atoms. The quantitative estimate of drug-likeness (QED) is 0.786. The fraction of sp³-hybridized carbons (Fsp3) is 0.692. The Balaban J connectivity index is 2.06. The summed E-state index contributed by atoms with van der Waals surface area (Å²) >= 11 is 5.19. The van der Waals surface area contributed by atoms with E-state index in [0.29, 0.717) is 17.1 Å². The number of piperidine rings is 1. The minimum Gasteiger partial charge on any atom is -0.393 e. The van der Waals surface area contributed by atoms with Gasteiger partial charge in [-0.15, -0.1) is 0 Å². The van der Waals surface area contributed by atoms with Gasteiger partial charge in [-0.05, 0) is 32.6 Å². The van der Waals surface area contributed by atoms with Gasteiger partial charge in [0.15, 0.2) is 0 Å². The molecular formula is C13H20N4OS. The molecule has 1 aromatic heterocycles. The fourth-order valence-corrected chi connectivity index (χ4v) is 3.96. The predicted molar refractivity (Wildman–Crippen MR) is 78.4 cm³/mol. The summed E-state index contributed by atoms with van der Waals surface area (Å²) in [6.07, 6.45) is 3.75. The molecule has 3 heterocycles. The van der Waals surface area contributed by atoms with Crippen molar-refractivity contribution in [2.24, 2.45) is 12.8 Å². The van der Waals surface area contributed by atoms with Crippen molar-refractivity contribution in [2.45, 2.75) is 50.8 Å². The van der Waals surface area contributed by atoms with Gasteiger partial charge in [-0.1, -0.05) is 12.2 Å². The SMILES string of the molecule is Cc1nn(C)c(N2C3CCC2CC(O)C3)c1C(N)=S. The number of hydrogen-bond acceptors (Lipinski definition) is 4. The van der Waals surface area contributed by atoms with Crippen molar-refractivity contribution in [1.29, 1.82) is 0 Å². The Hall–Kier alpha value is -1.14. The van der Waals surface area contributed by atoms with Gasteiger partial charge in [0.1, 0.15) is 10.8 Å². The summed E-state index contributed by atoms with van der Waals surface area (Å²) in [6, 6.07) is 0.772. The van der Waals surface area contributed by atoms with Crippen LogP contribution in [0.3, 0.4) is 0 Å². The number of anilines is 1. The Morgan fingerprint density at radius 2 is 1.95 bits per heavy atom. The molecule has 2 fully saturated rings. The van der Waals surface area contributed by atoms with Crippen LogP contribution in [-0.2, 0) is 7.05 Å². The number of aliphatic hydroxyl groups excluding tert-OH is 1. The molecule has 5 nitrogen and oxygen atoms in total. The lowest BCUT2D eigenvalue weighted by atomic mass is 9.99. The van der Waals surface area contributed by atoms with Crippen LogP contribution in [0.15, 0.2) is 0 Å². The summed E-state index contributed by atoms with van der Waals surface area (Å²) in [7, 11) is 1.94. The highest BCUT2D eigenvalue weighted by atomic mass is 32.1. The van der Waals surface area contributed by atoms with Gasteiger partial charge in [0.25, 0.3) is 0 Å². The molecule has 3 N–H and O–H groups in total. The average molecular weight is 280 g/mol. The third kappa shape index (κ3) is 1.94. The van der Waals surface area contributed by atoms with Gasteiger partial charge < -0.3 is 15.7 Å². The molecule has 0 spiro atoms. The number of nitrogens with two attached hydrogens (primary N) is 1. The number of nitrogens with zero attached hydrogens (tertiary/aromatic N) is 3. The largest absolute Gasteiger partial charge is 0.393 e. The van der Waals surface area contributed by atoms with Crippen LogP contribution in [0.2, 0.25) is 0 Å². The summed E-state index contributed by atoms with van der Waals surface area (Å²) in [5.74, 6) is 1.03. The molecule has 0 saturated carbocycles. The highest BCUT2D eigenvalue weighted by Gasteiger charge is 2.42. The van der Waals surface area contributed by atoms with E-state index in [1.54, 1.807) is 0 Å². The number of hydrogen-bond donors (Lipinski definition) is 2. The summed E-state index contributed by atoms with van der Waals surface area (Å²) < 4.78 is 1.88. The Morgan fingerprint density at radius 1 is 1.37 bits per heavy atom. The number of fused-ring (bicyclic) bond motifs is 2. The average Bonchev–Trinajstić information content (AvgIpc) is 2.73. The Bertz CT molecular complexity index is 513. The van der Waals surface area contributed by atoms with Gasteiger partial charge in [0.05, 0.1) is 17.4 Å². The topological polar surface area (TPSA) is 67.3 Å². The number of rotatable bonds is 2. The molecular weight excluding hydrogens is 260 g/mol. The van der Waals surface area contributed by atoms with Crippen LogP contribution in [-0.4, -0.2) is 38.1 Å². The lowest BCUT2D eigenvalue weighted by Crippen LogP contribution is -2.46. The first-order valence-corrected chi connectivity index (χ1v) is 7.19. The first-order chi connectivity index (χ1) is 8.99. The zero-order valence-electron chi connectivity index (χ0n) is 11.3. The third-order valence-corrected chi connectivity index (χ3v) is 4.60. The second-order valence-electron chi connectivity index (χ2n) is 5.69. The minimum atomic E-state index is -0.170. The zero-order valence-corrected chi connectivity index (χ0v) is 12.2. The van der Waals surface area contributed by atoms with Crippen LogP contribution < -0.4 is 10.6 Å². The minimum absolute atomic E-state index is 0.170. The van der Waals surface area contributed by atoms with Gasteiger partial charge in [-0.3, -0.25) is 4.68 Å². The molecule has 6 heteroatoms. The highest BCUT2D eigenvalue weighted by Crippen LogP contribution is 2.41. The normalized spacial score (nSPS) is 29.8. The van der Waals surface area contributed by atoms with Crippen molar-refractivity contribution in [3.05, 3.63) is 11.3 Å². The van der Waals surface area contributed by atoms with Crippen molar-refractivity contribution >= 4 is 23.0 Å². The van der Waals surface area contributed by atoms with Crippen LogP contribution in [0.25, 0.3) is 0 Å². The van der Waals surface area contributed by atoms with Crippen LogP contribution in [0.5, 0.6) is 0 Å². The maximum absolute atomic E-state index is 9.91. The number of thiocarbonyl (C=S) groups is 1. The Labute approximate surface area is 118 Å². The molecule has 2 unspecified atom stereocenters. The molecule has 0 amide bonds. The summed E-state index contributed by atoms with van der Waals surface area (Å²) in [6.45, 7) is 1.94. The van der Waals surface area contributed by atoms with Gasteiger partial charge >= 0.3 is 0 Å². The molecule has 2 bridgehead atoms. The second-order valence-corrected chi connectivity index (χ2v) is 6.13. The van der Waals surface area contributed by atoms with Gasteiger partial charge in [-0.2, -0.15) is 5.10 Å². The van der Waals surface area contributed by atoms with E-state index in [2.05, 4.69) is 10.00 Å². The molecule has 2 aliphatic heterocycles. The van der Waals surface area contributed by atoms with Crippen LogP contribution in [0.4, 0.5) is 5.82 Å². The van der Waals surface area contributed by atoms with E-state index in [4.69, 9.17) is 18.0 Å². The van der Waals surface area contributed by atoms with Crippen molar-refractivity contribution in [3.8, 4) is 0 Å². The molecule has 2 atom stereocenters. The molecule has 104 valence electrons. The second kappa shape index (κ2) is 4.45. The van der Waals surface area contributed by atoms with Gasteiger partial charge in [-0.25, -0.2) is 0 Å². The summed E-state index contributed by atoms with van der Waals surface area (Å²) in [4.78, 5) is 2.80. The smallest absolute Gasteiger partial charge is 0.137 e. The third-order valence-electron chi connectivity index (χ3n) is 4.39. The monoisotopic (exact) mass is 280 g/mol. The van der Waals surface area contributed by atoms with Gasteiger partial charge in [0, 0.05) is 19.1 Å². The van der Waals surface area contributed by atoms with E-state index in [0.717, 1.165) is 42.8 Å². The van der Waals surface area contributed by atoms with Gasteiger partial charge in [0.2, 0.25) is 0 Å². The van der Waals surface area contributed by atoms with Crippen molar-refractivity contribution in [1.82, 2.24) is 9.78 Å². The van der Waals surface area contributed by atoms with E-state index in [1.165, 1.54) is 0 Å². The van der Waals surface area contributed by atoms with Crippen LogP contribution in [0, 0.1) is 6.92 Å². The highest BCUT2D eigenvalue weighted by molar-refractivity contribution is 7.80. The first-order valence-electron chi connectivity index (χ1n) is 6.78. The van der Waals surface area contributed by atoms with Crippen LogP contribution >= 0.6 is 12.2 Å². The summed E-state index contributed by atoms with van der Waals surface area (Å²) in [5.41, 5.74) is 7.66. The zero-order chi connectivity index (χ0) is 13.7. The van der Waals surface area contributed by atoms with Crippen molar-refractivity contribution < 1.29 is 5.11 Å². The maximum atomic E-state index is 9.91. The standard InChI is InChI=1S/C13H20N4OS/c1-7-11(12(14)19)13(16(2)15-7)17-8-3-4-9(17)6-10(18)5-8/h8-10,18H,3-6H2,1-2H3,(H2,14,19). The van der Waals surface area contributed by atoms with E-state index in [1.807, 2.05) is 18.7 Å². The van der Waals surface area contributed by atoms with E-state index >= 15 is 0 Å². The predicted octanol–water partition coefficient (Wildman–Crippen LogP) is 0.855. The van der Waals surface area contributed by atoms with Crippen molar-refractivity contribution in [3.63, 3.8) is 0 Å². The molecule has 3 rings (SSSR count). The molecule has 0 radical (unpaired) electrons. The van der Waals surface area contributed by atoms with E-state index < -0.39 is 0 Å². The first kappa shape index (κ1) is 12.9. The van der Waals surface area contributed by atoms with E-state index in [-0.39, 0.29) is 6.10 Å². The fourth-order valence-electron chi connectivity index (χ4n) is 3.72. The Kier molecular flexibility index (Phi) is 3.02. The summed E-state index contributed by atoms with van der Waals surface area (Å²) in [5, 5.41) is 14.4. The number of aromatic nitrogens is 2. The lowest BCUT2D eigenvalue weighted by Gasteiger charge is -2.39. The molecule has 1 aromatic rings. The molecule has 2 aliphatic rings. The lowest BCUT2D eigenvalue weighted by molar-refractivity contribution is 0.125. The van der Waals surface area contributed by atoms with Crippen molar-refractivity contribution in [2.75, 3.05) is 4.90 Å². The van der Waals surface area contributed by atoms with Crippen LogP contribution in [0.1, 0.15) is 36.9 Å². The molecule has 2 saturated heterocycles. The van der Waals surface area contributed by atoms with E-state index in [9.17, 15) is 5.11 Å². The Morgan fingerprint density at radius 3 is 2.47 bits per heavy atom. The molecule has 0 aromatic carbocycles. The number of aryl methyl sites for hydroxylation is 2. The number of aliphatic hydroxyl groups is 1.